The summed E-state index contributed by atoms with van der Waals surface area (Å²) in [5.41, 5.74) is 0.209. The standard InChI is InChI=1S/C20H30BNO5/c1-19(2)20(3,4)27-21(26-19)14-5-6-17-18(11-14)25-16(13-24-17)8-10-22-9-7-15(23)12-22/h5-6,11,15-16,23H,7-10,12-13H2,1-4H3/t15-,16?/m1/s1. The molecule has 4 rings (SSSR count). The number of aliphatic hydroxyl groups excluding tert-OH is 1. The van der Waals surface area contributed by atoms with Crippen molar-refractivity contribution >= 4 is 12.6 Å². The molecule has 0 radical (unpaired) electrons. The third-order valence-electron chi connectivity index (χ3n) is 6.23. The largest absolute Gasteiger partial charge is 0.494 e. The van der Waals surface area contributed by atoms with Crippen LogP contribution in [0.15, 0.2) is 18.2 Å². The van der Waals surface area contributed by atoms with Gasteiger partial charge < -0.3 is 28.8 Å². The van der Waals surface area contributed by atoms with Gasteiger partial charge in [0.1, 0.15) is 12.7 Å². The lowest BCUT2D eigenvalue weighted by Crippen LogP contribution is -2.41. The predicted molar refractivity (Wildman–Crippen MR) is 104 cm³/mol. The molecule has 0 saturated carbocycles. The van der Waals surface area contributed by atoms with E-state index < -0.39 is 7.12 Å². The SMILES string of the molecule is CC1(C)OB(c2ccc3c(c2)OC(CCN2CC[C@@H](O)C2)CO3)OC1(C)C. The van der Waals surface area contributed by atoms with E-state index in [4.69, 9.17) is 18.8 Å². The maximum atomic E-state index is 9.65. The first kappa shape index (κ1) is 19.1. The molecule has 1 unspecified atom stereocenters. The van der Waals surface area contributed by atoms with Crippen LogP contribution in [-0.4, -0.2) is 66.8 Å². The Morgan fingerprint density at radius 1 is 1.15 bits per heavy atom. The zero-order valence-electron chi connectivity index (χ0n) is 16.7. The van der Waals surface area contributed by atoms with Crippen molar-refractivity contribution in [2.45, 2.75) is 63.9 Å². The lowest BCUT2D eigenvalue weighted by molar-refractivity contribution is 0.00578. The predicted octanol–water partition coefficient (Wildman–Crippen LogP) is 1.58. The summed E-state index contributed by atoms with van der Waals surface area (Å²) in [5.74, 6) is 1.52. The van der Waals surface area contributed by atoms with Crippen molar-refractivity contribution < 1.29 is 23.9 Å². The molecule has 0 spiro atoms. The molecule has 148 valence electrons. The summed E-state index contributed by atoms with van der Waals surface area (Å²) in [6.45, 7) is 11.4. The number of rotatable bonds is 4. The fourth-order valence-electron chi connectivity index (χ4n) is 3.74. The minimum Gasteiger partial charge on any atom is -0.486 e. The van der Waals surface area contributed by atoms with Crippen LogP contribution in [0.25, 0.3) is 0 Å². The molecule has 0 aliphatic carbocycles. The van der Waals surface area contributed by atoms with E-state index in [2.05, 4.69) is 32.6 Å². The molecule has 0 bridgehead atoms. The lowest BCUT2D eigenvalue weighted by Gasteiger charge is -2.32. The Bertz CT molecular complexity index is 679. The minimum absolute atomic E-state index is 0.0174. The Balaban J connectivity index is 1.40. The zero-order chi connectivity index (χ0) is 19.2. The molecule has 6 nitrogen and oxygen atoms in total. The topological polar surface area (TPSA) is 60.4 Å². The first-order valence-corrected chi connectivity index (χ1v) is 9.93. The summed E-state index contributed by atoms with van der Waals surface area (Å²) in [6.07, 6.45) is 1.58. The van der Waals surface area contributed by atoms with Gasteiger partial charge in [-0.1, -0.05) is 6.07 Å². The van der Waals surface area contributed by atoms with E-state index >= 15 is 0 Å². The van der Waals surface area contributed by atoms with Crippen LogP contribution >= 0.6 is 0 Å². The van der Waals surface area contributed by atoms with Crippen molar-refractivity contribution in [1.29, 1.82) is 0 Å². The van der Waals surface area contributed by atoms with Gasteiger partial charge in [-0.25, -0.2) is 0 Å². The molecular weight excluding hydrogens is 345 g/mol. The van der Waals surface area contributed by atoms with Crippen molar-refractivity contribution in [3.63, 3.8) is 0 Å². The summed E-state index contributed by atoms with van der Waals surface area (Å²) in [4.78, 5) is 2.28. The summed E-state index contributed by atoms with van der Waals surface area (Å²) < 4.78 is 24.4. The Labute approximate surface area is 161 Å². The molecule has 1 aromatic rings. The molecule has 0 aromatic heterocycles. The van der Waals surface area contributed by atoms with Crippen molar-refractivity contribution in [1.82, 2.24) is 4.90 Å². The molecule has 3 heterocycles. The highest BCUT2D eigenvalue weighted by Crippen LogP contribution is 2.38. The van der Waals surface area contributed by atoms with Crippen LogP contribution in [0.5, 0.6) is 11.5 Å². The Morgan fingerprint density at radius 3 is 2.56 bits per heavy atom. The fraction of sp³-hybridized carbons (Fsp3) is 0.700. The number of β-amino-alcohol motifs (C(OH)–C–C–N with tert-alkyl or cyclic N) is 1. The van der Waals surface area contributed by atoms with Crippen LogP contribution in [0, 0.1) is 0 Å². The average molecular weight is 375 g/mol. The highest BCUT2D eigenvalue weighted by atomic mass is 16.7. The van der Waals surface area contributed by atoms with Crippen LogP contribution in [-0.2, 0) is 9.31 Å². The van der Waals surface area contributed by atoms with Crippen molar-refractivity contribution in [3.8, 4) is 11.5 Å². The summed E-state index contributed by atoms with van der Waals surface area (Å²) in [6, 6.07) is 5.89. The Morgan fingerprint density at radius 2 is 1.89 bits per heavy atom. The van der Waals surface area contributed by atoms with E-state index in [1.54, 1.807) is 0 Å². The van der Waals surface area contributed by atoms with Gasteiger partial charge in [-0.2, -0.15) is 0 Å². The third kappa shape index (κ3) is 3.83. The normalized spacial score (nSPS) is 29.3. The molecule has 1 aromatic carbocycles. The van der Waals surface area contributed by atoms with Crippen molar-refractivity contribution in [3.05, 3.63) is 18.2 Å². The third-order valence-corrected chi connectivity index (χ3v) is 6.23. The van der Waals surface area contributed by atoms with Gasteiger partial charge in [0.15, 0.2) is 11.5 Å². The first-order valence-electron chi connectivity index (χ1n) is 9.93. The van der Waals surface area contributed by atoms with Crippen molar-refractivity contribution in [2.75, 3.05) is 26.2 Å². The van der Waals surface area contributed by atoms with Gasteiger partial charge >= 0.3 is 7.12 Å². The minimum atomic E-state index is -0.407. The average Bonchev–Trinajstić information content (AvgIpc) is 3.12. The molecule has 0 amide bonds. The van der Waals surface area contributed by atoms with E-state index in [-0.39, 0.29) is 23.4 Å². The number of fused-ring (bicyclic) bond motifs is 1. The van der Waals surface area contributed by atoms with Crippen LogP contribution in [0.1, 0.15) is 40.5 Å². The van der Waals surface area contributed by atoms with Crippen LogP contribution in [0.2, 0.25) is 0 Å². The molecular formula is C20H30BNO5. The summed E-state index contributed by atoms with van der Waals surface area (Å²) in [7, 11) is -0.407. The van der Waals surface area contributed by atoms with E-state index in [0.717, 1.165) is 49.4 Å². The Kier molecular flexibility index (Phi) is 4.91. The van der Waals surface area contributed by atoms with Gasteiger partial charge in [-0.15, -0.1) is 0 Å². The second-order valence-corrected chi connectivity index (χ2v) is 8.88. The molecule has 2 atom stereocenters. The van der Waals surface area contributed by atoms with Gasteiger partial charge in [0.2, 0.25) is 0 Å². The fourth-order valence-corrected chi connectivity index (χ4v) is 3.74. The number of nitrogens with zero attached hydrogens (tertiary/aromatic N) is 1. The highest BCUT2D eigenvalue weighted by molar-refractivity contribution is 6.62. The van der Waals surface area contributed by atoms with Crippen molar-refractivity contribution in [2.24, 2.45) is 0 Å². The summed E-state index contributed by atoms with van der Waals surface area (Å²) >= 11 is 0. The van der Waals surface area contributed by atoms with Gasteiger partial charge in [-0.05, 0) is 51.7 Å². The lowest BCUT2D eigenvalue weighted by atomic mass is 9.79. The quantitative estimate of drug-likeness (QED) is 0.807. The second-order valence-electron chi connectivity index (χ2n) is 8.88. The molecule has 27 heavy (non-hydrogen) atoms. The monoisotopic (exact) mass is 375 g/mol. The Hall–Kier alpha value is -1.28. The maximum Gasteiger partial charge on any atom is 0.494 e. The number of hydrogen-bond acceptors (Lipinski definition) is 6. The smallest absolute Gasteiger partial charge is 0.486 e. The number of benzene rings is 1. The van der Waals surface area contributed by atoms with Gasteiger partial charge in [-0.3, -0.25) is 0 Å². The molecule has 3 aliphatic rings. The maximum absolute atomic E-state index is 9.65. The number of ether oxygens (including phenoxy) is 2. The molecule has 2 saturated heterocycles. The van der Waals surface area contributed by atoms with Crippen LogP contribution in [0.3, 0.4) is 0 Å². The molecule has 3 aliphatic heterocycles. The van der Waals surface area contributed by atoms with Gasteiger partial charge in [0, 0.05) is 26.1 Å². The van der Waals surface area contributed by atoms with Crippen LogP contribution in [0.4, 0.5) is 0 Å². The highest BCUT2D eigenvalue weighted by Gasteiger charge is 2.51. The summed E-state index contributed by atoms with van der Waals surface area (Å²) in [5, 5.41) is 9.65. The van der Waals surface area contributed by atoms with Crippen LogP contribution < -0.4 is 14.9 Å². The number of hydrogen-bond donors (Lipinski definition) is 1. The molecule has 1 N–H and O–H groups in total. The molecule has 7 heteroatoms. The number of aliphatic hydroxyl groups is 1. The van der Waals surface area contributed by atoms with Gasteiger partial charge in [0.25, 0.3) is 0 Å². The first-order chi connectivity index (χ1) is 12.7. The van der Waals surface area contributed by atoms with E-state index in [0.29, 0.717) is 6.61 Å². The van der Waals surface area contributed by atoms with E-state index in [1.807, 2.05) is 18.2 Å². The second kappa shape index (κ2) is 6.96. The van der Waals surface area contributed by atoms with E-state index in [1.165, 1.54) is 0 Å². The van der Waals surface area contributed by atoms with Gasteiger partial charge in [0.05, 0.1) is 17.3 Å². The molecule has 2 fully saturated rings. The van der Waals surface area contributed by atoms with E-state index in [9.17, 15) is 5.11 Å². The number of likely N-dealkylation sites (tertiary alicyclic amines) is 1. The zero-order valence-corrected chi connectivity index (χ0v) is 16.7.